The van der Waals surface area contributed by atoms with E-state index in [4.69, 9.17) is 9.47 Å². The lowest BCUT2D eigenvalue weighted by Gasteiger charge is -2.20. The van der Waals surface area contributed by atoms with Crippen LogP contribution in [0.1, 0.15) is 24.9 Å². The number of rotatable bonds is 9. The summed E-state index contributed by atoms with van der Waals surface area (Å²) in [6.45, 7) is 2.21. The summed E-state index contributed by atoms with van der Waals surface area (Å²) in [5.41, 5.74) is 0.653. The fraction of sp³-hybridized carbons (Fsp3) is 0.263. The number of aliphatic carboxylic acids is 1. The van der Waals surface area contributed by atoms with Gasteiger partial charge in [0.05, 0.1) is 12.6 Å². The zero-order valence-electron chi connectivity index (χ0n) is 13.9. The average Bonchev–Trinajstić information content (AvgIpc) is 2.61. The summed E-state index contributed by atoms with van der Waals surface area (Å²) in [6.07, 6.45) is -0.328. The highest BCUT2D eigenvalue weighted by molar-refractivity contribution is 5.79. The summed E-state index contributed by atoms with van der Waals surface area (Å²) >= 11 is 0. The van der Waals surface area contributed by atoms with Crippen LogP contribution in [0.15, 0.2) is 54.6 Å². The molecule has 0 aliphatic carbocycles. The van der Waals surface area contributed by atoms with Crippen LogP contribution in [0.3, 0.4) is 0 Å². The van der Waals surface area contributed by atoms with Crippen LogP contribution in [0.2, 0.25) is 0 Å². The van der Waals surface area contributed by atoms with E-state index in [0.29, 0.717) is 23.7 Å². The fourth-order valence-corrected chi connectivity index (χ4v) is 2.28. The summed E-state index contributed by atoms with van der Waals surface area (Å²) in [6, 6.07) is 15.1. The van der Waals surface area contributed by atoms with E-state index in [2.05, 4.69) is 5.32 Å². The number of hydrogen-bond acceptors (Lipinski definition) is 5. The van der Waals surface area contributed by atoms with Gasteiger partial charge in [-0.15, -0.1) is 0 Å². The Morgan fingerprint density at radius 3 is 2.24 bits per heavy atom. The summed E-state index contributed by atoms with van der Waals surface area (Å²) < 4.78 is 10.7. The van der Waals surface area contributed by atoms with Crippen molar-refractivity contribution in [2.75, 3.05) is 13.2 Å². The van der Waals surface area contributed by atoms with E-state index in [-0.39, 0.29) is 13.0 Å². The third-order valence-electron chi connectivity index (χ3n) is 3.41. The predicted molar refractivity (Wildman–Crippen MR) is 90.1 cm³/mol. The minimum atomic E-state index is -1.25. The monoisotopic (exact) mass is 342 g/mol. The third-order valence-corrected chi connectivity index (χ3v) is 3.41. The van der Waals surface area contributed by atoms with Gasteiger partial charge >= 0.3 is 0 Å². The molecule has 2 rings (SSSR count). The Morgan fingerprint density at radius 2 is 1.64 bits per heavy atom. The highest BCUT2D eigenvalue weighted by atomic mass is 16.5. The van der Waals surface area contributed by atoms with Crippen LogP contribution in [-0.2, 0) is 9.59 Å². The van der Waals surface area contributed by atoms with E-state index in [1.54, 1.807) is 48.5 Å². The van der Waals surface area contributed by atoms with Gasteiger partial charge in [-0.25, -0.2) is 0 Å². The largest absolute Gasteiger partial charge is 0.550 e. The van der Waals surface area contributed by atoms with Crippen LogP contribution in [0, 0.1) is 0 Å². The molecule has 0 fully saturated rings. The van der Waals surface area contributed by atoms with Crippen molar-refractivity contribution in [2.24, 2.45) is 0 Å². The first-order chi connectivity index (χ1) is 12.1. The van der Waals surface area contributed by atoms with Crippen molar-refractivity contribution >= 4 is 11.9 Å². The lowest BCUT2D eigenvalue weighted by molar-refractivity contribution is -0.306. The molecule has 0 aliphatic rings. The lowest BCUT2D eigenvalue weighted by Crippen LogP contribution is -2.36. The molecule has 0 radical (unpaired) electrons. The van der Waals surface area contributed by atoms with Gasteiger partial charge in [0.1, 0.15) is 11.5 Å². The molecule has 0 saturated carbocycles. The Morgan fingerprint density at radius 1 is 1.00 bits per heavy atom. The quantitative estimate of drug-likeness (QED) is 0.745. The van der Waals surface area contributed by atoms with Gasteiger partial charge in [-0.3, -0.25) is 4.79 Å². The van der Waals surface area contributed by atoms with Gasteiger partial charge < -0.3 is 24.7 Å². The fourth-order valence-electron chi connectivity index (χ4n) is 2.28. The first kappa shape index (κ1) is 18.3. The summed E-state index contributed by atoms with van der Waals surface area (Å²) in [5.74, 6) is -0.417. The van der Waals surface area contributed by atoms with Gasteiger partial charge in [-0.05, 0) is 36.8 Å². The number of carbonyl (C=O) groups excluding carboxylic acids is 2. The van der Waals surface area contributed by atoms with Gasteiger partial charge in [0, 0.05) is 12.4 Å². The number of amides is 1. The van der Waals surface area contributed by atoms with Crippen LogP contribution in [0.25, 0.3) is 0 Å². The predicted octanol–water partition coefficient (Wildman–Crippen LogP) is 1.46. The maximum Gasteiger partial charge on any atom is 0.258 e. The van der Waals surface area contributed by atoms with E-state index in [9.17, 15) is 14.7 Å². The number of carboxylic acid groups (broad SMARTS) is 1. The highest BCUT2D eigenvalue weighted by Crippen LogP contribution is 2.20. The van der Waals surface area contributed by atoms with E-state index < -0.39 is 17.9 Å². The number of para-hydroxylation sites is 1. The third kappa shape index (κ3) is 6.18. The van der Waals surface area contributed by atoms with Crippen molar-refractivity contribution in [3.63, 3.8) is 0 Å². The van der Waals surface area contributed by atoms with Crippen molar-refractivity contribution in [2.45, 2.75) is 19.4 Å². The molecule has 2 aromatic carbocycles. The number of nitrogens with one attached hydrogen (secondary N) is 1. The van der Waals surface area contributed by atoms with Crippen molar-refractivity contribution in [3.8, 4) is 11.5 Å². The molecular formula is C19H20NO5-. The summed E-state index contributed by atoms with van der Waals surface area (Å²) in [5, 5.41) is 13.7. The molecule has 0 unspecified atom stereocenters. The van der Waals surface area contributed by atoms with Crippen molar-refractivity contribution in [1.82, 2.24) is 5.32 Å². The Bertz CT molecular complexity index is 685. The molecule has 6 heteroatoms. The summed E-state index contributed by atoms with van der Waals surface area (Å²) in [7, 11) is 0. The van der Waals surface area contributed by atoms with Crippen LogP contribution in [0.5, 0.6) is 11.5 Å². The molecule has 2 aromatic rings. The van der Waals surface area contributed by atoms with Crippen LogP contribution in [0.4, 0.5) is 0 Å². The number of benzene rings is 2. The van der Waals surface area contributed by atoms with Crippen LogP contribution < -0.4 is 19.9 Å². The first-order valence-corrected chi connectivity index (χ1v) is 7.98. The summed E-state index contributed by atoms with van der Waals surface area (Å²) in [4.78, 5) is 23.1. The smallest absolute Gasteiger partial charge is 0.258 e. The van der Waals surface area contributed by atoms with Gasteiger partial charge in [0.15, 0.2) is 6.61 Å². The molecule has 1 N–H and O–H groups in total. The molecule has 0 heterocycles. The second-order valence-corrected chi connectivity index (χ2v) is 5.30. The maximum atomic E-state index is 12.1. The molecule has 6 nitrogen and oxygen atoms in total. The van der Waals surface area contributed by atoms with Crippen molar-refractivity contribution < 1.29 is 24.2 Å². The molecule has 1 atom stereocenters. The number of carboxylic acids is 1. The Hall–Kier alpha value is -3.02. The number of hydrogen-bond donors (Lipinski definition) is 1. The normalized spacial score (nSPS) is 11.4. The molecular weight excluding hydrogens is 322 g/mol. The Kier molecular flexibility index (Phi) is 6.83. The minimum Gasteiger partial charge on any atom is -0.550 e. The van der Waals surface area contributed by atoms with Crippen molar-refractivity contribution in [1.29, 1.82) is 0 Å². The molecule has 0 saturated heterocycles. The van der Waals surface area contributed by atoms with E-state index in [0.717, 1.165) is 0 Å². The average molecular weight is 342 g/mol. The van der Waals surface area contributed by atoms with E-state index in [1.165, 1.54) is 0 Å². The van der Waals surface area contributed by atoms with E-state index >= 15 is 0 Å². The first-order valence-electron chi connectivity index (χ1n) is 7.98. The Balaban J connectivity index is 1.98. The van der Waals surface area contributed by atoms with Gasteiger partial charge in [0.25, 0.3) is 5.91 Å². The lowest BCUT2D eigenvalue weighted by atomic mass is 10.0. The van der Waals surface area contributed by atoms with Crippen LogP contribution >= 0.6 is 0 Å². The zero-order chi connectivity index (χ0) is 18.1. The molecule has 25 heavy (non-hydrogen) atoms. The van der Waals surface area contributed by atoms with Gasteiger partial charge in [-0.2, -0.15) is 0 Å². The Labute approximate surface area is 146 Å². The SMILES string of the molecule is CCOc1ccc([C@@H](CC(=O)[O-])NC(=O)COc2ccccc2)cc1. The number of ether oxygens (including phenoxy) is 2. The second kappa shape index (κ2) is 9.32. The minimum absolute atomic E-state index is 0.204. The van der Waals surface area contributed by atoms with Crippen LogP contribution in [-0.4, -0.2) is 25.1 Å². The zero-order valence-corrected chi connectivity index (χ0v) is 13.9. The standard InChI is InChI=1S/C19H21NO5/c1-2-24-16-10-8-14(9-11-16)17(12-19(22)23)20-18(21)13-25-15-6-4-3-5-7-15/h3-11,17H,2,12-13H2,1H3,(H,20,21)(H,22,23)/p-1/t17-/m1/s1. The molecule has 0 spiro atoms. The molecule has 132 valence electrons. The van der Waals surface area contributed by atoms with Crippen molar-refractivity contribution in [3.05, 3.63) is 60.2 Å². The molecule has 1 amide bonds. The number of carbonyl (C=O) groups is 2. The molecule has 0 aliphatic heterocycles. The topological polar surface area (TPSA) is 87.7 Å². The van der Waals surface area contributed by atoms with Gasteiger partial charge in [0.2, 0.25) is 0 Å². The molecule has 0 bridgehead atoms. The van der Waals surface area contributed by atoms with Gasteiger partial charge in [-0.1, -0.05) is 30.3 Å². The molecule has 0 aromatic heterocycles. The highest BCUT2D eigenvalue weighted by Gasteiger charge is 2.15. The second-order valence-electron chi connectivity index (χ2n) is 5.30. The maximum absolute atomic E-state index is 12.1. The van der Waals surface area contributed by atoms with E-state index in [1.807, 2.05) is 13.0 Å².